The smallest absolute Gasteiger partial charge is 0.424 e. The van der Waals surface area contributed by atoms with Crippen molar-refractivity contribution in [3.63, 3.8) is 0 Å². The zero-order chi connectivity index (χ0) is 32.9. The van der Waals surface area contributed by atoms with Gasteiger partial charge in [-0.15, -0.1) is 0 Å². The third kappa shape index (κ3) is 5.80. The first-order valence-corrected chi connectivity index (χ1v) is 14.7. The summed E-state index contributed by atoms with van der Waals surface area (Å²) in [5.74, 6) is -1.95. The fourth-order valence-electron chi connectivity index (χ4n) is 5.41. The lowest BCUT2D eigenvalue weighted by atomic mass is 9.81. The molecule has 2 aromatic carbocycles. The van der Waals surface area contributed by atoms with E-state index in [0.29, 0.717) is 25.4 Å². The molecule has 3 aromatic rings. The second-order valence-electron chi connectivity index (χ2n) is 11.8. The van der Waals surface area contributed by atoms with Crippen molar-refractivity contribution in [1.82, 2.24) is 10.3 Å². The third-order valence-corrected chi connectivity index (χ3v) is 8.50. The van der Waals surface area contributed by atoms with Gasteiger partial charge in [0.25, 0.3) is 5.91 Å². The van der Waals surface area contributed by atoms with Crippen molar-refractivity contribution < 1.29 is 46.5 Å². The van der Waals surface area contributed by atoms with Crippen molar-refractivity contribution in [3.8, 4) is 22.8 Å². The van der Waals surface area contributed by atoms with Gasteiger partial charge in [0.2, 0.25) is 11.5 Å². The molecule has 0 saturated heterocycles. The van der Waals surface area contributed by atoms with Crippen LogP contribution < -0.4 is 20.5 Å². The lowest BCUT2D eigenvalue weighted by Crippen LogP contribution is -2.51. The number of aliphatic hydroxyl groups is 1. The molecule has 1 saturated carbocycles. The zero-order valence-electron chi connectivity index (χ0n) is 24.7. The van der Waals surface area contributed by atoms with E-state index in [2.05, 4.69) is 10.3 Å². The average Bonchev–Trinajstić information content (AvgIpc) is 3.79. The summed E-state index contributed by atoms with van der Waals surface area (Å²) in [6.45, 7) is 0.748. The van der Waals surface area contributed by atoms with Gasteiger partial charge in [-0.1, -0.05) is 12.1 Å². The number of fused-ring (bicyclic) bond motifs is 1. The molecule has 4 N–H and O–H groups in total. The number of pyridine rings is 1. The molecule has 2 aliphatic heterocycles. The van der Waals surface area contributed by atoms with Gasteiger partial charge in [0.05, 0.1) is 31.6 Å². The topological polar surface area (TPSA) is 133 Å². The zero-order valence-corrected chi connectivity index (χ0v) is 24.7. The first-order chi connectivity index (χ1) is 21.8. The van der Waals surface area contributed by atoms with Crippen LogP contribution in [0.5, 0.6) is 11.5 Å². The second-order valence-corrected chi connectivity index (χ2v) is 11.8. The highest BCUT2D eigenvalue weighted by Crippen LogP contribution is 2.48. The fraction of sp³-hybridized carbons (Fsp3) is 0.364. The van der Waals surface area contributed by atoms with Crippen LogP contribution in [-0.2, 0) is 20.5 Å². The minimum absolute atomic E-state index is 0.0101. The summed E-state index contributed by atoms with van der Waals surface area (Å²) in [6.07, 6.45) is -1.10. The predicted molar refractivity (Wildman–Crippen MR) is 157 cm³/mol. The Labute approximate surface area is 261 Å². The van der Waals surface area contributed by atoms with Gasteiger partial charge in [-0.05, 0) is 74.2 Å². The maximum Gasteiger partial charge on any atom is 0.424 e. The Hall–Kier alpha value is -4.49. The standard InChI is InChI=1S/C33H31F4N3O6/c1-31(30(38)42)17-45-28-24(31)15-26(40-27(28)19-2-5-21(34)6-3-19)32(43,33(35,36)37)16-39-29(41)20-4-9-23(18-10-12-44-13-11-18)25(14-20)46-22-7-8-22/h2-6,9-10,14-15,22,43H,7-8,11-13,16-17H2,1H3,(H2,38,42)(H,39,41)/t31-,32?/m0/s1. The number of alkyl halides is 3. The van der Waals surface area contributed by atoms with Gasteiger partial charge >= 0.3 is 6.18 Å². The van der Waals surface area contributed by atoms with Gasteiger partial charge in [-0.3, -0.25) is 9.59 Å². The molecule has 2 atom stereocenters. The Balaban J connectivity index is 1.36. The Morgan fingerprint density at radius 3 is 2.52 bits per heavy atom. The summed E-state index contributed by atoms with van der Waals surface area (Å²) < 4.78 is 75.1. The van der Waals surface area contributed by atoms with Gasteiger partial charge < -0.3 is 30.4 Å². The number of nitrogens with one attached hydrogen (secondary N) is 1. The molecule has 2 amide bonds. The summed E-state index contributed by atoms with van der Waals surface area (Å²) in [7, 11) is 0. The van der Waals surface area contributed by atoms with Gasteiger partial charge in [0.1, 0.15) is 35.0 Å². The number of carbonyl (C=O) groups is 2. The van der Waals surface area contributed by atoms with E-state index in [4.69, 9.17) is 19.9 Å². The third-order valence-electron chi connectivity index (χ3n) is 8.50. The van der Waals surface area contributed by atoms with E-state index in [1.54, 1.807) is 6.07 Å². The number of ether oxygens (including phenoxy) is 3. The number of hydrogen-bond acceptors (Lipinski definition) is 7. The van der Waals surface area contributed by atoms with E-state index < -0.39 is 47.1 Å². The molecule has 46 heavy (non-hydrogen) atoms. The normalized spacial score (nSPS) is 20.6. The Bertz CT molecular complexity index is 1720. The molecule has 0 radical (unpaired) electrons. The molecule has 1 aliphatic carbocycles. The van der Waals surface area contributed by atoms with Crippen molar-refractivity contribution in [2.45, 2.75) is 49.5 Å². The molecule has 3 aliphatic rings. The molecule has 1 aromatic heterocycles. The molecule has 9 nitrogen and oxygen atoms in total. The minimum Gasteiger partial charge on any atom is -0.490 e. The van der Waals surface area contributed by atoms with Gasteiger partial charge in [0.15, 0.2) is 0 Å². The van der Waals surface area contributed by atoms with Gasteiger partial charge in [-0.25, -0.2) is 9.37 Å². The summed E-state index contributed by atoms with van der Waals surface area (Å²) in [4.78, 5) is 29.8. The molecule has 6 rings (SSSR count). The van der Waals surface area contributed by atoms with E-state index in [1.807, 2.05) is 6.08 Å². The highest BCUT2D eigenvalue weighted by Gasteiger charge is 2.57. The Morgan fingerprint density at radius 2 is 1.89 bits per heavy atom. The van der Waals surface area contributed by atoms with Crippen LogP contribution in [0.2, 0.25) is 0 Å². The number of carbonyl (C=O) groups excluding carboxylic acids is 2. The number of nitrogens with two attached hydrogens (primary N) is 1. The number of amides is 2. The number of aromatic nitrogens is 1. The van der Waals surface area contributed by atoms with Gasteiger partial charge in [0, 0.05) is 22.3 Å². The first-order valence-electron chi connectivity index (χ1n) is 14.7. The number of halogens is 4. The van der Waals surface area contributed by atoms with Crippen LogP contribution in [0.25, 0.3) is 16.8 Å². The van der Waals surface area contributed by atoms with Crippen molar-refractivity contribution >= 4 is 17.4 Å². The van der Waals surface area contributed by atoms with E-state index in [0.717, 1.165) is 42.2 Å². The molecule has 13 heteroatoms. The summed E-state index contributed by atoms with van der Waals surface area (Å²) >= 11 is 0. The maximum absolute atomic E-state index is 14.8. The maximum atomic E-state index is 14.8. The summed E-state index contributed by atoms with van der Waals surface area (Å²) in [6, 6.07) is 10.3. The van der Waals surface area contributed by atoms with Crippen LogP contribution in [0.3, 0.4) is 0 Å². The monoisotopic (exact) mass is 641 g/mol. The van der Waals surface area contributed by atoms with Crippen LogP contribution in [-0.4, -0.2) is 60.6 Å². The predicted octanol–water partition coefficient (Wildman–Crippen LogP) is 4.55. The van der Waals surface area contributed by atoms with Crippen LogP contribution in [0.4, 0.5) is 17.6 Å². The first kappa shape index (κ1) is 31.5. The molecule has 3 heterocycles. The number of rotatable bonds is 9. The van der Waals surface area contributed by atoms with Crippen LogP contribution in [0.1, 0.15) is 53.4 Å². The van der Waals surface area contributed by atoms with E-state index in [1.165, 1.54) is 31.2 Å². The molecule has 0 bridgehead atoms. The quantitative estimate of drug-likeness (QED) is 0.292. The minimum atomic E-state index is -5.34. The average molecular weight is 642 g/mol. The number of hydrogen-bond donors (Lipinski definition) is 3. The highest BCUT2D eigenvalue weighted by atomic mass is 19.4. The number of benzene rings is 2. The van der Waals surface area contributed by atoms with E-state index >= 15 is 0 Å². The lowest BCUT2D eigenvalue weighted by molar-refractivity contribution is -0.265. The van der Waals surface area contributed by atoms with Gasteiger partial charge in [-0.2, -0.15) is 13.2 Å². The number of primary amides is 1. The summed E-state index contributed by atoms with van der Waals surface area (Å²) in [5, 5.41) is 13.5. The molecular weight excluding hydrogens is 610 g/mol. The largest absolute Gasteiger partial charge is 0.490 e. The SMILES string of the molecule is C[C@]1(C(N)=O)COc2c1cc(C(O)(CNC(=O)c1ccc(C3=CCOCC3)c(OC3CC3)c1)C(F)(F)F)nc2-c1ccc(F)cc1. The number of nitrogens with zero attached hydrogens (tertiary/aromatic N) is 1. The van der Waals surface area contributed by atoms with Crippen molar-refractivity contribution in [2.24, 2.45) is 5.73 Å². The van der Waals surface area contributed by atoms with Crippen LogP contribution >= 0.6 is 0 Å². The molecule has 1 unspecified atom stereocenters. The van der Waals surface area contributed by atoms with E-state index in [-0.39, 0.29) is 40.8 Å². The molecular formula is C33H31F4N3O6. The highest BCUT2D eigenvalue weighted by molar-refractivity contribution is 5.95. The van der Waals surface area contributed by atoms with Crippen LogP contribution in [0, 0.1) is 5.82 Å². The molecule has 242 valence electrons. The van der Waals surface area contributed by atoms with Crippen LogP contribution in [0.15, 0.2) is 54.6 Å². The summed E-state index contributed by atoms with van der Waals surface area (Å²) in [5.41, 5.74) is 1.20. The fourth-order valence-corrected chi connectivity index (χ4v) is 5.41. The molecule has 1 fully saturated rings. The van der Waals surface area contributed by atoms with E-state index in [9.17, 15) is 32.3 Å². The lowest BCUT2D eigenvalue weighted by Gasteiger charge is -2.31. The Morgan fingerprint density at radius 1 is 1.15 bits per heavy atom. The molecule has 0 spiro atoms. The van der Waals surface area contributed by atoms with Crippen molar-refractivity contribution in [2.75, 3.05) is 26.4 Å². The van der Waals surface area contributed by atoms with Crippen molar-refractivity contribution in [1.29, 1.82) is 0 Å². The second kappa shape index (κ2) is 11.7. The Kier molecular flexibility index (Phi) is 8.01. The van der Waals surface area contributed by atoms with Crippen molar-refractivity contribution in [3.05, 3.63) is 82.8 Å².